The zero-order valence-corrected chi connectivity index (χ0v) is 15.6. The van der Waals surface area contributed by atoms with Crippen molar-refractivity contribution in [1.29, 1.82) is 0 Å². The van der Waals surface area contributed by atoms with Gasteiger partial charge in [0.15, 0.2) is 0 Å². The van der Waals surface area contributed by atoms with Gasteiger partial charge in [-0.25, -0.2) is 4.79 Å². The summed E-state index contributed by atoms with van der Waals surface area (Å²) >= 11 is 0. The second-order valence-electron chi connectivity index (χ2n) is 5.95. The summed E-state index contributed by atoms with van der Waals surface area (Å²) in [7, 11) is 1.32. The number of carbonyl (C=O) groups is 3. The lowest BCUT2D eigenvalue weighted by Gasteiger charge is -2.32. The smallest absolute Gasteiger partial charge is 0.330 e. The van der Waals surface area contributed by atoms with E-state index in [1.807, 2.05) is 13.0 Å². The predicted octanol–water partition coefficient (Wildman–Crippen LogP) is 2.15. The van der Waals surface area contributed by atoms with Crippen molar-refractivity contribution in [2.75, 3.05) is 26.7 Å². The van der Waals surface area contributed by atoms with Gasteiger partial charge in [-0.1, -0.05) is 30.9 Å². The summed E-state index contributed by atoms with van der Waals surface area (Å²) in [6.45, 7) is 7.06. The first-order valence-corrected chi connectivity index (χ1v) is 8.80. The minimum Gasteiger partial charge on any atom is -0.466 e. The summed E-state index contributed by atoms with van der Waals surface area (Å²) in [6, 6.07) is 0. The van der Waals surface area contributed by atoms with E-state index in [4.69, 9.17) is 0 Å². The van der Waals surface area contributed by atoms with Gasteiger partial charge in [-0.3, -0.25) is 9.59 Å². The Morgan fingerprint density at radius 3 is 2.77 bits per heavy atom. The van der Waals surface area contributed by atoms with E-state index in [0.717, 1.165) is 12.8 Å². The molecule has 0 spiro atoms. The third kappa shape index (κ3) is 7.09. The van der Waals surface area contributed by atoms with E-state index in [9.17, 15) is 14.4 Å². The zero-order chi connectivity index (χ0) is 19.4. The molecule has 1 saturated heterocycles. The number of methoxy groups -OCH3 is 1. The van der Waals surface area contributed by atoms with E-state index >= 15 is 0 Å². The van der Waals surface area contributed by atoms with Gasteiger partial charge in [0.1, 0.15) is 0 Å². The molecule has 0 saturated carbocycles. The van der Waals surface area contributed by atoms with E-state index in [0.29, 0.717) is 31.6 Å². The van der Waals surface area contributed by atoms with Gasteiger partial charge >= 0.3 is 5.97 Å². The average molecular weight is 360 g/mol. The number of hydrogen-bond donors (Lipinski definition) is 1. The molecule has 6 nitrogen and oxygen atoms in total. The molecule has 0 radical (unpaired) electrons. The predicted molar refractivity (Wildman–Crippen MR) is 101 cm³/mol. The number of piperidine rings is 1. The first-order valence-electron chi connectivity index (χ1n) is 8.80. The molecule has 142 valence electrons. The quantitative estimate of drug-likeness (QED) is 0.311. The Labute approximate surface area is 155 Å². The second-order valence-corrected chi connectivity index (χ2v) is 5.95. The van der Waals surface area contributed by atoms with Gasteiger partial charge in [0.25, 0.3) is 5.91 Å². The van der Waals surface area contributed by atoms with E-state index in [1.165, 1.54) is 13.2 Å². The first-order chi connectivity index (χ1) is 12.5. The Hall–Kier alpha value is -2.63. The number of amides is 2. The highest BCUT2D eigenvalue weighted by molar-refractivity contribution is 5.96. The van der Waals surface area contributed by atoms with Crippen LogP contribution < -0.4 is 5.32 Å². The number of hydrogen-bond acceptors (Lipinski definition) is 4. The van der Waals surface area contributed by atoms with Crippen LogP contribution in [0.3, 0.4) is 0 Å². The van der Waals surface area contributed by atoms with Gasteiger partial charge in [-0.2, -0.15) is 0 Å². The molecule has 1 rings (SSSR count). The number of carbonyl (C=O) groups excluding carboxylic acids is 3. The van der Waals surface area contributed by atoms with Crippen LogP contribution in [0.4, 0.5) is 0 Å². The van der Waals surface area contributed by atoms with Crippen molar-refractivity contribution in [1.82, 2.24) is 10.2 Å². The van der Waals surface area contributed by atoms with Gasteiger partial charge in [0, 0.05) is 31.3 Å². The highest BCUT2D eigenvalue weighted by Crippen LogP contribution is 2.19. The van der Waals surface area contributed by atoms with Crippen LogP contribution in [0.25, 0.3) is 0 Å². The molecule has 1 fully saturated rings. The fourth-order valence-electron chi connectivity index (χ4n) is 2.66. The molecule has 6 heteroatoms. The maximum absolute atomic E-state index is 12.6. The molecule has 0 bridgehead atoms. The standard InChI is InChI=1S/C20H28N2O4/c1-4-6-10-16(5-2)20(25)22-14-9-11-17(15-22)19(24)21-13-8-7-12-18(23)26-3/h4-7,10,12,17H,2,8-9,11,13-15H2,1,3H3,(H,21,24)/b6-4-,12-7+,16-10+/t17-/m0/s1. The molecule has 1 aliphatic heterocycles. The Kier molecular flexibility index (Phi) is 9.75. The fourth-order valence-corrected chi connectivity index (χ4v) is 2.66. The van der Waals surface area contributed by atoms with Crippen molar-refractivity contribution in [2.45, 2.75) is 26.2 Å². The fraction of sp³-hybridized carbons (Fsp3) is 0.450. The monoisotopic (exact) mass is 360 g/mol. The highest BCUT2D eigenvalue weighted by atomic mass is 16.5. The van der Waals surface area contributed by atoms with E-state index < -0.39 is 5.97 Å². The van der Waals surface area contributed by atoms with Crippen LogP contribution in [-0.2, 0) is 19.1 Å². The number of rotatable bonds is 8. The lowest BCUT2D eigenvalue weighted by Crippen LogP contribution is -2.45. The molecule has 0 aromatic carbocycles. The first kappa shape index (κ1) is 21.4. The molecule has 0 unspecified atom stereocenters. The molecule has 1 aliphatic rings. The second kappa shape index (κ2) is 11.8. The maximum Gasteiger partial charge on any atom is 0.330 e. The lowest BCUT2D eigenvalue weighted by molar-refractivity contribution is -0.135. The maximum atomic E-state index is 12.6. The number of likely N-dealkylation sites (tertiary alicyclic amines) is 1. The van der Waals surface area contributed by atoms with Crippen molar-refractivity contribution in [3.63, 3.8) is 0 Å². The minimum atomic E-state index is -0.415. The summed E-state index contributed by atoms with van der Waals surface area (Å²) < 4.78 is 4.49. The lowest BCUT2D eigenvalue weighted by atomic mass is 9.96. The SMILES string of the molecule is C=C/C(=C\C=C/C)C(=O)N1CCC[C@H](C(=O)NCC/C=C/C(=O)OC)C1. The number of allylic oxidation sites excluding steroid dienone is 3. The minimum absolute atomic E-state index is 0.0634. The van der Waals surface area contributed by atoms with Crippen LogP contribution in [0, 0.1) is 5.92 Å². The van der Waals surface area contributed by atoms with Crippen molar-refractivity contribution < 1.29 is 19.1 Å². The van der Waals surface area contributed by atoms with E-state index in [2.05, 4.69) is 16.6 Å². The molecule has 0 aliphatic carbocycles. The summed E-state index contributed by atoms with van der Waals surface area (Å²) in [4.78, 5) is 37.5. The number of ether oxygens (including phenoxy) is 1. The molecule has 0 aromatic rings. The third-order valence-corrected chi connectivity index (χ3v) is 4.08. The summed E-state index contributed by atoms with van der Waals surface area (Å²) in [5.41, 5.74) is 0.525. The third-order valence-electron chi connectivity index (χ3n) is 4.08. The largest absolute Gasteiger partial charge is 0.466 e. The van der Waals surface area contributed by atoms with Crippen LogP contribution in [-0.4, -0.2) is 49.4 Å². The van der Waals surface area contributed by atoms with Gasteiger partial charge in [0.2, 0.25) is 5.91 Å². The molecule has 1 atom stereocenters. The van der Waals surface area contributed by atoms with Crippen molar-refractivity contribution in [3.8, 4) is 0 Å². The van der Waals surface area contributed by atoms with E-state index in [1.54, 1.807) is 29.2 Å². The van der Waals surface area contributed by atoms with Crippen molar-refractivity contribution in [3.05, 3.63) is 48.6 Å². The molecular weight excluding hydrogens is 332 g/mol. The summed E-state index contributed by atoms with van der Waals surface area (Å²) in [5, 5.41) is 2.85. The van der Waals surface area contributed by atoms with Crippen LogP contribution in [0.5, 0.6) is 0 Å². The molecule has 2 amide bonds. The van der Waals surface area contributed by atoms with Crippen LogP contribution in [0.15, 0.2) is 48.6 Å². The van der Waals surface area contributed by atoms with E-state index in [-0.39, 0.29) is 17.7 Å². The Morgan fingerprint density at radius 1 is 1.35 bits per heavy atom. The highest BCUT2D eigenvalue weighted by Gasteiger charge is 2.28. The van der Waals surface area contributed by atoms with Crippen LogP contribution in [0.2, 0.25) is 0 Å². The Balaban J connectivity index is 2.52. The number of nitrogens with one attached hydrogen (secondary N) is 1. The number of esters is 1. The average Bonchev–Trinajstić information content (AvgIpc) is 2.67. The van der Waals surface area contributed by atoms with Gasteiger partial charge in [-0.05, 0) is 32.3 Å². The van der Waals surface area contributed by atoms with Crippen molar-refractivity contribution >= 4 is 17.8 Å². The zero-order valence-electron chi connectivity index (χ0n) is 15.6. The molecule has 0 aromatic heterocycles. The molecule has 1 N–H and O–H groups in total. The van der Waals surface area contributed by atoms with Crippen LogP contribution in [0.1, 0.15) is 26.2 Å². The topological polar surface area (TPSA) is 75.7 Å². The molecule has 26 heavy (non-hydrogen) atoms. The van der Waals surface area contributed by atoms with Crippen LogP contribution >= 0.6 is 0 Å². The Morgan fingerprint density at radius 2 is 2.12 bits per heavy atom. The summed E-state index contributed by atoms with van der Waals surface area (Å²) in [6.07, 6.45) is 12.0. The molecular formula is C20H28N2O4. The van der Waals surface area contributed by atoms with Gasteiger partial charge in [-0.15, -0.1) is 0 Å². The van der Waals surface area contributed by atoms with Crippen molar-refractivity contribution in [2.24, 2.45) is 5.92 Å². The summed E-state index contributed by atoms with van der Waals surface area (Å²) in [5.74, 6) is -0.796. The molecule has 1 heterocycles. The van der Waals surface area contributed by atoms with Gasteiger partial charge < -0.3 is 15.0 Å². The number of nitrogens with zero attached hydrogens (tertiary/aromatic N) is 1. The normalized spacial score (nSPS) is 18.2. The Bertz CT molecular complexity index is 605. The van der Waals surface area contributed by atoms with Gasteiger partial charge in [0.05, 0.1) is 13.0 Å².